The lowest BCUT2D eigenvalue weighted by Gasteiger charge is -2.38. The number of benzene rings is 3. The average Bonchev–Trinajstić information content (AvgIpc) is 3.16. The minimum Gasteiger partial charge on any atom is -0.495 e. The molecule has 0 spiro atoms. The molecule has 1 aliphatic carbocycles. The van der Waals surface area contributed by atoms with E-state index in [0.29, 0.717) is 11.8 Å². The van der Waals surface area contributed by atoms with Gasteiger partial charge in [-0.15, -0.1) is 0 Å². The van der Waals surface area contributed by atoms with Crippen molar-refractivity contribution in [2.45, 2.75) is 18.4 Å². The Labute approximate surface area is 148 Å². The molecule has 0 aromatic heterocycles. The summed E-state index contributed by atoms with van der Waals surface area (Å²) in [6, 6.07) is 22.0. The molecule has 3 aromatic carbocycles. The lowest BCUT2D eigenvalue weighted by molar-refractivity contribution is 0.398. The van der Waals surface area contributed by atoms with Crippen molar-refractivity contribution in [3.63, 3.8) is 0 Å². The second-order valence-electron chi connectivity index (χ2n) is 6.97. The highest BCUT2D eigenvalue weighted by atomic mass is 16.5. The van der Waals surface area contributed by atoms with E-state index in [4.69, 9.17) is 4.74 Å². The maximum Gasteiger partial charge on any atom is 0.142 e. The summed E-state index contributed by atoms with van der Waals surface area (Å²) in [7, 11) is 1.75. The topological polar surface area (TPSA) is 21.3 Å². The van der Waals surface area contributed by atoms with Crippen LogP contribution in [0.3, 0.4) is 0 Å². The summed E-state index contributed by atoms with van der Waals surface area (Å²) >= 11 is 0. The zero-order chi connectivity index (χ0) is 16.8. The summed E-state index contributed by atoms with van der Waals surface area (Å²) in [5.41, 5.74) is 3.89. The SMILES string of the molecule is COc1cccc2c1NC(c1cccc3ccccc13)C1CC=CC21. The van der Waals surface area contributed by atoms with E-state index in [0.717, 1.165) is 17.9 Å². The smallest absolute Gasteiger partial charge is 0.142 e. The van der Waals surface area contributed by atoms with E-state index < -0.39 is 0 Å². The number of allylic oxidation sites excluding steroid dienone is 2. The third-order valence-electron chi connectivity index (χ3n) is 5.74. The van der Waals surface area contributed by atoms with Gasteiger partial charge in [0.25, 0.3) is 0 Å². The third kappa shape index (κ3) is 2.17. The maximum atomic E-state index is 5.65. The number of hydrogen-bond acceptors (Lipinski definition) is 2. The molecule has 3 unspecified atom stereocenters. The van der Waals surface area contributed by atoms with Crippen molar-refractivity contribution < 1.29 is 4.74 Å². The van der Waals surface area contributed by atoms with Gasteiger partial charge in [0.1, 0.15) is 5.75 Å². The Balaban J connectivity index is 1.70. The molecule has 0 saturated heterocycles. The van der Waals surface area contributed by atoms with Gasteiger partial charge in [0.15, 0.2) is 0 Å². The lowest BCUT2D eigenvalue weighted by Crippen LogP contribution is -2.29. The van der Waals surface area contributed by atoms with Crippen LogP contribution in [-0.2, 0) is 0 Å². The molecule has 0 amide bonds. The summed E-state index contributed by atoms with van der Waals surface area (Å²) < 4.78 is 5.65. The number of ether oxygens (including phenoxy) is 1. The number of fused-ring (bicyclic) bond motifs is 4. The van der Waals surface area contributed by atoms with Crippen LogP contribution in [0.1, 0.15) is 29.5 Å². The van der Waals surface area contributed by atoms with Crippen molar-refractivity contribution in [2.75, 3.05) is 12.4 Å². The molecule has 1 N–H and O–H groups in total. The molecule has 25 heavy (non-hydrogen) atoms. The lowest BCUT2D eigenvalue weighted by atomic mass is 9.76. The summed E-state index contributed by atoms with van der Waals surface area (Å²) in [6.07, 6.45) is 5.83. The van der Waals surface area contributed by atoms with Crippen LogP contribution in [0.4, 0.5) is 5.69 Å². The molecule has 0 fully saturated rings. The predicted molar refractivity (Wildman–Crippen MR) is 103 cm³/mol. The van der Waals surface area contributed by atoms with E-state index in [-0.39, 0.29) is 6.04 Å². The van der Waals surface area contributed by atoms with Crippen LogP contribution in [0, 0.1) is 5.92 Å². The molecule has 0 saturated carbocycles. The number of methoxy groups -OCH3 is 1. The largest absolute Gasteiger partial charge is 0.495 e. The molecule has 124 valence electrons. The van der Waals surface area contributed by atoms with Gasteiger partial charge in [0.2, 0.25) is 0 Å². The molecular formula is C23H21NO. The number of para-hydroxylation sites is 1. The first kappa shape index (κ1) is 14.6. The number of hydrogen-bond donors (Lipinski definition) is 1. The Kier molecular flexibility index (Phi) is 3.30. The minimum atomic E-state index is 0.287. The zero-order valence-electron chi connectivity index (χ0n) is 14.3. The van der Waals surface area contributed by atoms with Crippen molar-refractivity contribution in [2.24, 2.45) is 5.92 Å². The van der Waals surface area contributed by atoms with Crippen LogP contribution in [0.2, 0.25) is 0 Å². The highest BCUT2D eigenvalue weighted by Gasteiger charge is 2.39. The molecule has 0 radical (unpaired) electrons. The Morgan fingerprint density at radius 3 is 2.64 bits per heavy atom. The van der Waals surface area contributed by atoms with Crippen molar-refractivity contribution in [1.82, 2.24) is 0 Å². The summed E-state index contributed by atoms with van der Waals surface area (Å²) in [4.78, 5) is 0. The normalized spacial score (nSPS) is 23.8. The first-order valence-electron chi connectivity index (χ1n) is 8.94. The van der Waals surface area contributed by atoms with E-state index in [1.54, 1.807) is 7.11 Å². The molecular weight excluding hydrogens is 306 g/mol. The quantitative estimate of drug-likeness (QED) is 0.612. The average molecular weight is 327 g/mol. The van der Waals surface area contributed by atoms with E-state index in [1.165, 1.54) is 21.9 Å². The van der Waals surface area contributed by atoms with E-state index in [1.807, 2.05) is 6.07 Å². The standard InChI is InChI=1S/C23H21NO/c1-25-21-14-6-13-20-17-10-5-12-19(17)22(24-23(20)21)18-11-4-8-15-7-2-3-9-16(15)18/h2-11,13-14,17,19,22,24H,12H2,1H3. The molecule has 2 nitrogen and oxygen atoms in total. The minimum absolute atomic E-state index is 0.287. The van der Waals surface area contributed by atoms with Crippen molar-refractivity contribution in [3.05, 3.63) is 83.9 Å². The predicted octanol–water partition coefficient (Wildman–Crippen LogP) is 5.67. The van der Waals surface area contributed by atoms with Crippen molar-refractivity contribution in [1.29, 1.82) is 0 Å². The van der Waals surface area contributed by atoms with Gasteiger partial charge in [-0.3, -0.25) is 0 Å². The van der Waals surface area contributed by atoms with Crippen molar-refractivity contribution in [3.8, 4) is 5.75 Å². The monoisotopic (exact) mass is 327 g/mol. The Morgan fingerprint density at radius 1 is 0.920 bits per heavy atom. The van der Waals surface area contributed by atoms with E-state index >= 15 is 0 Å². The van der Waals surface area contributed by atoms with Gasteiger partial charge in [0.05, 0.1) is 18.8 Å². The molecule has 3 atom stereocenters. The number of rotatable bonds is 2. The van der Waals surface area contributed by atoms with Crippen LogP contribution in [-0.4, -0.2) is 7.11 Å². The van der Waals surface area contributed by atoms with Gasteiger partial charge >= 0.3 is 0 Å². The highest BCUT2D eigenvalue weighted by Crippen LogP contribution is 2.52. The van der Waals surface area contributed by atoms with E-state index in [2.05, 4.69) is 72.1 Å². The number of anilines is 1. The Hall–Kier alpha value is -2.74. The van der Waals surface area contributed by atoms with Crippen LogP contribution < -0.4 is 10.1 Å². The second-order valence-corrected chi connectivity index (χ2v) is 6.97. The first-order chi connectivity index (χ1) is 12.4. The summed E-state index contributed by atoms with van der Waals surface area (Å²) in [5, 5.41) is 6.47. The van der Waals surface area contributed by atoms with Gasteiger partial charge < -0.3 is 10.1 Å². The summed E-state index contributed by atoms with van der Waals surface area (Å²) in [6.45, 7) is 0. The molecule has 2 aliphatic rings. The first-order valence-corrected chi connectivity index (χ1v) is 8.94. The second kappa shape index (κ2) is 5.66. The molecule has 0 bridgehead atoms. The van der Waals surface area contributed by atoms with Crippen molar-refractivity contribution >= 4 is 16.5 Å². The molecule has 1 heterocycles. The zero-order valence-corrected chi connectivity index (χ0v) is 14.3. The van der Waals surface area contributed by atoms with Crippen LogP contribution in [0.25, 0.3) is 10.8 Å². The molecule has 3 aromatic rings. The van der Waals surface area contributed by atoms with E-state index in [9.17, 15) is 0 Å². The van der Waals surface area contributed by atoms with Gasteiger partial charge in [-0.25, -0.2) is 0 Å². The van der Waals surface area contributed by atoms with Gasteiger partial charge in [-0.1, -0.05) is 66.7 Å². The van der Waals surface area contributed by atoms with Crippen LogP contribution >= 0.6 is 0 Å². The fourth-order valence-corrected chi connectivity index (χ4v) is 4.59. The van der Waals surface area contributed by atoms with Crippen LogP contribution in [0.15, 0.2) is 72.8 Å². The van der Waals surface area contributed by atoms with Gasteiger partial charge in [-0.2, -0.15) is 0 Å². The van der Waals surface area contributed by atoms with Crippen LogP contribution in [0.5, 0.6) is 5.75 Å². The van der Waals surface area contributed by atoms with Gasteiger partial charge in [-0.05, 0) is 40.3 Å². The fraction of sp³-hybridized carbons (Fsp3) is 0.217. The number of nitrogens with one attached hydrogen (secondary N) is 1. The maximum absolute atomic E-state index is 5.65. The molecule has 2 heteroatoms. The highest BCUT2D eigenvalue weighted by molar-refractivity contribution is 5.87. The Morgan fingerprint density at radius 2 is 1.72 bits per heavy atom. The summed E-state index contributed by atoms with van der Waals surface area (Å²) in [5.74, 6) is 1.93. The molecule has 5 rings (SSSR count). The third-order valence-corrected chi connectivity index (χ3v) is 5.74. The molecule has 1 aliphatic heterocycles. The fourth-order valence-electron chi connectivity index (χ4n) is 4.59. The Bertz CT molecular complexity index is 969. The van der Waals surface area contributed by atoms with Gasteiger partial charge in [0, 0.05) is 5.92 Å².